The molecule has 3 rings (SSSR count). The summed E-state index contributed by atoms with van der Waals surface area (Å²) in [6.07, 6.45) is 1.62. The molecule has 0 aliphatic heterocycles. The van der Waals surface area contributed by atoms with E-state index in [9.17, 15) is 14.4 Å². The number of carbonyl (C=O) groups excluding carboxylic acids is 2. The largest absolute Gasteiger partial charge is 0.338 e. The van der Waals surface area contributed by atoms with Gasteiger partial charge >= 0.3 is 0 Å². The number of rotatable bonds is 4. The van der Waals surface area contributed by atoms with Crippen LogP contribution in [-0.4, -0.2) is 16.4 Å². The lowest BCUT2D eigenvalue weighted by molar-refractivity contribution is -0.116. The fourth-order valence-corrected chi connectivity index (χ4v) is 2.76. The Hall–Kier alpha value is -3.41. The van der Waals surface area contributed by atoms with E-state index in [0.29, 0.717) is 16.8 Å². The van der Waals surface area contributed by atoms with E-state index < -0.39 is 0 Å². The van der Waals surface area contributed by atoms with Gasteiger partial charge in [-0.2, -0.15) is 0 Å². The minimum absolute atomic E-state index is 0.0612. The van der Waals surface area contributed by atoms with Crippen LogP contribution < -0.4 is 16.1 Å². The molecule has 2 amide bonds. The lowest BCUT2D eigenvalue weighted by Gasteiger charge is -2.12. The van der Waals surface area contributed by atoms with E-state index in [0.717, 1.165) is 11.1 Å². The fraction of sp³-hybridized carbons (Fsp3) is 0.150. The molecule has 0 atom stereocenters. The maximum absolute atomic E-state index is 12.4. The van der Waals surface area contributed by atoms with E-state index in [2.05, 4.69) is 10.6 Å². The third-order valence-corrected chi connectivity index (χ3v) is 3.94. The summed E-state index contributed by atoms with van der Waals surface area (Å²) >= 11 is 0. The third kappa shape index (κ3) is 3.97. The summed E-state index contributed by atoms with van der Waals surface area (Å²) in [4.78, 5) is 35.4. The van der Waals surface area contributed by atoms with Gasteiger partial charge in [0, 0.05) is 35.9 Å². The predicted octanol–water partition coefficient (Wildman–Crippen LogP) is 2.91. The van der Waals surface area contributed by atoms with Crippen molar-refractivity contribution in [1.29, 1.82) is 0 Å². The molecule has 0 spiro atoms. The van der Waals surface area contributed by atoms with Crippen LogP contribution in [0.5, 0.6) is 0 Å². The number of anilines is 2. The van der Waals surface area contributed by atoms with Gasteiger partial charge in [0.05, 0.1) is 5.52 Å². The van der Waals surface area contributed by atoms with E-state index in [-0.39, 0.29) is 23.8 Å². The normalized spacial score (nSPS) is 10.5. The van der Waals surface area contributed by atoms with Crippen LogP contribution >= 0.6 is 0 Å². The molecule has 0 saturated carbocycles. The first kappa shape index (κ1) is 17.4. The molecule has 6 heteroatoms. The third-order valence-electron chi connectivity index (χ3n) is 3.94. The van der Waals surface area contributed by atoms with Crippen molar-refractivity contribution in [1.82, 2.24) is 4.57 Å². The van der Waals surface area contributed by atoms with Gasteiger partial charge in [-0.15, -0.1) is 0 Å². The molecule has 6 nitrogen and oxygen atoms in total. The van der Waals surface area contributed by atoms with Crippen molar-refractivity contribution in [3.8, 4) is 0 Å². The van der Waals surface area contributed by atoms with Gasteiger partial charge in [0.15, 0.2) is 5.43 Å². The van der Waals surface area contributed by atoms with Crippen molar-refractivity contribution >= 4 is 34.1 Å². The summed E-state index contributed by atoms with van der Waals surface area (Å²) in [6, 6.07) is 13.9. The fourth-order valence-electron chi connectivity index (χ4n) is 2.76. The molecule has 1 heterocycles. The molecule has 0 bridgehead atoms. The number of benzene rings is 2. The highest BCUT2D eigenvalue weighted by molar-refractivity contribution is 5.93. The molecule has 0 saturated heterocycles. The van der Waals surface area contributed by atoms with Crippen LogP contribution in [0, 0.1) is 6.92 Å². The van der Waals surface area contributed by atoms with Crippen LogP contribution in [0.25, 0.3) is 10.9 Å². The topological polar surface area (TPSA) is 80.2 Å². The number of carbonyl (C=O) groups is 2. The predicted molar refractivity (Wildman–Crippen MR) is 102 cm³/mol. The Bertz CT molecular complexity index is 1040. The number of hydrogen-bond donors (Lipinski definition) is 2. The molecule has 2 aromatic carbocycles. The summed E-state index contributed by atoms with van der Waals surface area (Å²) in [5.74, 6) is -0.357. The SMILES string of the molecule is CC(=O)Nc1ccc(NC(=O)Cn2ccc(=O)c3cc(C)ccc32)cc1. The lowest BCUT2D eigenvalue weighted by Crippen LogP contribution is -2.20. The Morgan fingerprint density at radius 3 is 2.27 bits per heavy atom. The number of hydrogen-bond acceptors (Lipinski definition) is 3. The van der Waals surface area contributed by atoms with Gasteiger partial charge in [-0.25, -0.2) is 0 Å². The molecule has 0 aliphatic rings. The molecular formula is C20H19N3O3. The standard InChI is InChI=1S/C20H19N3O3/c1-13-3-8-18-17(11-13)19(25)9-10-23(18)12-20(26)22-16-6-4-15(5-7-16)21-14(2)24/h3-11H,12H2,1-2H3,(H,21,24)(H,22,26). The van der Waals surface area contributed by atoms with Gasteiger partial charge in [-0.3, -0.25) is 14.4 Å². The first-order chi connectivity index (χ1) is 12.4. The van der Waals surface area contributed by atoms with Gasteiger partial charge in [-0.1, -0.05) is 11.6 Å². The Morgan fingerprint density at radius 2 is 1.62 bits per heavy atom. The first-order valence-electron chi connectivity index (χ1n) is 8.20. The zero-order valence-corrected chi connectivity index (χ0v) is 14.6. The minimum Gasteiger partial charge on any atom is -0.338 e. The number of pyridine rings is 1. The molecule has 0 fully saturated rings. The van der Waals surface area contributed by atoms with Crippen molar-refractivity contribution in [2.45, 2.75) is 20.4 Å². The maximum Gasteiger partial charge on any atom is 0.244 e. The molecule has 1 aromatic heterocycles. The van der Waals surface area contributed by atoms with Gasteiger partial charge in [0.2, 0.25) is 11.8 Å². The molecule has 26 heavy (non-hydrogen) atoms. The number of amides is 2. The number of nitrogens with zero attached hydrogens (tertiary/aromatic N) is 1. The van der Waals surface area contributed by atoms with Crippen LogP contribution in [0.1, 0.15) is 12.5 Å². The average Bonchev–Trinajstić information content (AvgIpc) is 2.59. The van der Waals surface area contributed by atoms with E-state index in [4.69, 9.17) is 0 Å². The second-order valence-corrected chi connectivity index (χ2v) is 6.14. The Kier molecular flexibility index (Phi) is 4.84. The molecule has 0 aliphatic carbocycles. The summed E-state index contributed by atoms with van der Waals surface area (Å²) in [6.45, 7) is 3.45. The monoisotopic (exact) mass is 349 g/mol. The number of aromatic nitrogens is 1. The van der Waals surface area contributed by atoms with Crippen LogP contribution in [0.3, 0.4) is 0 Å². The molecule has 0 radical (unpaired) electrons. The zero-order valence-electron chi connectivity index (χ0n) is 14.6. The van der Waals surface area contributed by atoms with Gasteiger partial charge in [0.25, 0.3) is 0 Å². The molecule has 132 valence electrons. The summed E-state index contributed by atoms with van der Waals surface area (Å²) in [5, 5.41) is 6.08. The minimum atomic E-state index is -0.206. The van der Waals surface area contributed by atoms with Crippen molar-refractivity contribution in [3.63, 3.8) is 0 Å². The highest BCUT2D eigenvalue weighted by atomic mass is 16.2. The van der Waals surface area contributed by atoms with Crippen LogP contribution in [0.4, 0.5) is 11.4 Å². The number of fused-ring (bicyclic) bond motifs is 1. The van der Waals surface area contributed by atoms with E-state index >= 15 is 0 Å². The lowest BCUT2D eigenvalue weighted by atomic mass is 10.1. The van der Waals surface area contributed by atoms with Gasteiger partial charge < -0.3 is 15.2 Å². The highest BCUT2D eigenvalue weighted by Gasteiger charge is 2.08. The van der Waals surface area contributed by atoms with Crippen molar-refractivity contribution in [2.24, 2.45) is 0 Å². The quantitative estimate of drug-likeness (QED) is 0.760. The molecule has 0 unspecified atom stereocenters. The Balaban J connectivity index is 1.76. The second kappa shape index (κ2) is 7.23. The van der Waals surface area contributed by atoms with E-state index in [1.165, 1.54) is 13.0 Å². The first-order valence-corrected chi connectivity index (χ1v) is 8.20. The molecular weight excluding hydrogens is 330 g/mol. The van der Waals surface area contributed by atoms with E-state index in [1.54, 1.807) is 35.0 Å². The second-order valence-electron chi connectivity index (χ2n) is 6.14. The summed E-state index contributed by atoms with van der Waals surface area (Å²) in [7, 11) is 0. The van der Waals surface area contributed by atoms with Crippen LogP contribution in [-0.2, 0) is 16.1 Å². The van der Waals surface area contributed by atoms with Gasteiger partial charge in [0.1, 0.15) is 6.54 Å². The van der Waals surface area contributed by atoms with E-state index in [1.807, 2.05) is 25.1 Å². The summed E-state index contributed by atoms with van der Waals surface area (Å²) in [5.41, 5.74) is 2.95. The smallest absolute Gasteiger partial charge is 0.244 e. The van der Waals surface area contributed by atoms with Crippen molar-refractivity contribution in [3.05, 3.63) is 70.5 Å². The number of nitrogens with one attached hydrogen (secondary N) is 2. The zero-order chi connectivity index (χ0) is 18.7. The number of aryl methyl sites for hydroxylation is 1. The van der Waals surface area contributed by atoms with Gasteiger partial charge in [-0.05, 0) is 43.3 Å². The van der Waals surface area contributed by atoms with Crippen molar-refractivity contribution < 1.29 is 9.59 Å². The maximum atomic E-state index is 12.4. The summed E-state index contributed by atoms with van der Waals surface area (Å²) < 4.78 is 1.75. The van der Waals surface area contributed by atoms with Crippen LogP contribution in [0.15, 0.2) is 59.5 Å². The Labute approximate surface area is 150 Å². The molecule has 2 N–H and O–H groups in total. The average molecular weight is 349 g/mol. The Morgan fingerprint density at radius 1 is 0.962 bits per heavy atom. The molecule has 3 aromatic rings. The van der Waals surface area contributed by atoms with Crippen LogP contribution in [0.2, 0.25) is 0 Å². The van der Waals surface area contributed by atoms with Crippen molar-refractivity contribution in [2.75, 3.05) is 10.6 Å². The highest BCUT2D eigenvalue weighted by Crippen LogP contribution is 2.15.